The predicted octanol–water partition coefficient (Wildman–Crippen LogP) is 3.68. The topological polar surface area (TPSA) is 84.6 Å². The van der Waals surface area contributed by atoms with Crippen molar-refractivity contribution in [2.24, 2.45) is 0 Å². The van der Waals surface area contributed by atoms with E-state index in [9.17, 15) is 4.79 Å². The number of ether oxygens (including phenoxy) is 1. The van der Waals surface area contributed by atoms with Crippen molar-refractivity contribution in [2.45, 2.75) is 19.3 Å². The molecule has 0 bridgehead atoms. The normalized spacial score (nSPS) is 12.1. The molecule has 2 aromatic heterocycles. The fraction of sp³-hybridized carbons (Fsp3) is 0.263. The van der Waals surface area contributed by atoms with Gasteiger partial charge in [0.15, 0.2) is 0 Å². The number of fused-ring (bicyclic) bond motifs is 1. The number of nitrogens with one attached hydrogen (secondary N) is 1. The third kappa shape index (κ3) is 3.74. The second-order valence-corrected chi connectivity index (χ2v) is 5.77. The zero-order chi connectivity index (χ0) is 17.8. The first-order valence-electron chi connectivity index (χ1n) is 8.09. The molecule has 0 aliphatic rings. The number of anilines is 1. The standard InChI is InChI=1S/C19H20N2O4/c1-12(19(22)23)16-11-25-17-10-14(6-7-15(16)17)24-9-8-13-4-3-5-18(20-2)21-13/h3-7,10-12H,8-9H2,1-2H3,(H,20,21)(H,22,23). The average molecular weight is 340 g/mol. The number of rotatable bonds is 7. The maximum atomic E-state index is 11.2. The Labute approximate surface area is 145 Å². The molecule has 0 radical (unpaired) electrons. The molecule has 0 saturated carbocycles. The second kappa shape index (κ2) is 7.25. The maximum absolute atomic E-state index is 11.2. The summed E-state index contributed by atoms with van der Waals surface area (Å²) in [5.74, 6) is 0.0219. The van der Waals surface area contributed by atoms with Crippen LogP contribution in [0.1, 0.15) is 24.1 Å². The van der Waals surface area contributed by atoms with E-state index in [4.69, 9.17) is 14.3 Å². The summed E-state index contributed by atoms with van der Waals surface area (Å²) in [5.41, 5.74) is 2.24. The highest BCUT2D eigenvalue weighted by atomic mass is 16.5. The molecule has 3 rings (SSSR count). The molecular weight excluding hydrogens is 320 g/mol. The molecular formula is C19H20N2O4. The Hall–Kier alpha value is -3.02. The van der Waals surface area contributed by atoms with Gasteiger partial charge in [0.05, 0.1) is 18.8 Å². The van der Waals surface area contributed by atoms with Gasteiger partial charge in [-0.15, -0.1) is 0 Å². The number of carboxylic acids is 1. The highest BCUT2D eigenvalue weighted by molar-refractivity contribution is 5.88. The van der Waals surface area contributed by atoms with E-state index in [1.165, 1.54) is 6.26 Å². The van der Waals surface area contributed by atoms with E-state index in [1.807, 2.05) is 37.4 Å². The molecule has 130 valence electrons. The van der Waals surface area contributed by atoms with Gasteiger partial charge in [-0.05, 0) is 31.2 Å². The zero-order valence-electron chi connectivity index (χ0n) is 14.2. The molecule has 1 atom stereocenters. The van der Waals surface area contributed by atoms with Crippen LogP contribution < -0.4 is 10.1 Å². The highest BCUT2D eigenvalue weighted by Gasteiger charge is 2.19. The monoisotopic (exact) mass is 340 g/mol. The summed E-state index contributed by atoms with van der Waals surface area (Å²) in [6.45, 7) is 2.13. The largest absolute Gasteiger partial charge is 0.493 e. The summed E-state index contributed by atoms with van der Waals surface area (Å²) in [6.07, 6.45) is 2.19. The predicted molar refractivity (Wildman–Crippen MR) is 95.2 cm³/mol. The van der Waals surface area contributed by atoms with Gasteiger partial charge >= 0.3 is 5.97 Å². The van der Waals surface area contributed by atoms with Gasteiger partial charge in [0.2, 0.25) is 0 Å². The highest BCUT2D eigenvalue weighted by Crippen LogP contribution is 2.30. The van der Waals surface area contributed by atoms with Crippen LogP contribution in [-0.2, 0) is 11.2 Å². The first-order valence-corrected chi connectivity index (χ1v) is 8.09. The summed E-state index contributed by atoms with van der Waals surface area (Å²) in [7, 11) is 1.83. The lowest BCUT2D eigenvalue weighted by Gasteiger charge is -2.07. The van der Waals surface area contributed by atoms with Crippen LogP contribution in [0, 0.1) is 0 Å². The third-order valence-corrected chi connectivity index (χ3v) is 4.10. The van der Waals surface area contributed by atoms with Crippen LogP contribution in [0.5, 0.6) is 5.75 Å². The molecule has 3 aromatic rings. The summed E-state index contributed by atoms with van der Waals surface area (Å²) in [5, 5.41) is 13.0. The lowest BCUT2D eigenvalue weighted by Crippen LogP contribution is -2.06. The van der Waals surface area contributed by atoms with E-state index in [0.717, 1.165) is 16.9 Å². The molecule has 0 fully saturated rings. The number of benzene rings is 1. The van der Waals surface area contributed by atoms with Gasteiger partial charge in [-0.25, -0.2) is 4.98 Å². The number of pyridine rings is 1. The number of aliphatic carboxylic acids is 1. The van der Waals surface area contributed by atoms with E-state index in [2.05, 4.69) is 10.3 Å². The van der Waals surface area contributed by atoms with E-state index < -0.39 is 11.9 Å². The van der Waals surface area contributed by atoms with Gasteiger partial charge < -0.3 is 19.6 Å². The molecule has 2 heterocycles. The fourth-order valence-electron chi connectivity index (χ4n) is 2.62. The maximum Gasteiger partial charge on any atom is 0.310 e. The van der Waals surface area contributed by atoms with Crippen molar-refractivity contribution in [1.29, 1.82) is 0 Å². The van der Waals surface area contributed by atoms with E-state index >= 15 is 0 Å². The van der Waals surface area contributed by atoms with Crippen molar-refractivity contribution in [3.8, 4) is 5.75 Å². The van der Waals surface area contributed by atoms with Gasteiger partial charge in [0.25, 0.3) is 0 Å². The zero-order valence-corrected chi connectivity index (χ0v) is 14.2. The van der Waals surface area contributed by atoms with Gasteiger partial charge in [-0.1, -0.05) is 6.07 Å². The molecule has 6 nitrogen and oxygen atoms in total. The van der Waals surface area contributed by atoms with Crippen molar-refractivity contribution in [3.05, 3.63) is 53.9 Å². The third-order valence-electron chi connectivity index (χ3n) is 4.10. The number of hydrogen-bond donors (Lipinski definition) is 2. The number of carboxylic acid groups (broad SMARTS) is 1. The second-order valence-electron chi connectivity index (χ2n) is 5.77. The first kappa shape index (κ1) is 16.8. The smallest absolute Gasteiger partial charge is 0.310 e. The molecule has 0 saturated heterocycles. The van der Waals surface area contributed by atoms with Crippen LogP contribution in [0.4, 0.5) is 5.82 Å². The Morgan fingerprint density at radius 2 is 2.20 bits per heavy atom. The fourth-order valence-corrected chi connectivity index (χ4v) is 2.62. The van der Waals surface area contributed by atoms with Crippen molar-refractivity contribution < 1.29 is 19.1 Å². The number of carbonyl (C=O) groups is 1. The summed E-state index contributed by atoms with van der Waals surface area (Å²) in [4.78, 5) is 15.6. The van der Waals surface area contributed by atoms with Crippen molar-refractivity contribution in [3.63, 3.8) is 0 Å². The minimum atomic E-state index is -0.876. The minimum absolute atomic E-state index is 0.491. The number of furan rings is 1. The first-order chi connectivity index (χ1) is 12.1. The lowest BCUT2D eigenvalue weighted by atomic mass is 10.0. The molecule has 0 aliphatic carbocycles. The Morgan fingerprint density at radius 1 is 1.36 bits per heavy atom. The van der Waals surface area contributed by atoms with Crippen LogP contribution in [0.15, 0.2) is 47.1 Å². The molecule has 0 spiro atoms. The summed E-state index contributed by atoms with van der Waals surface area (Å²) in [6, 6.07) is 11.3. The number of nitrogens with zero attached hydrogens (tertiary/aromatic N) is 1. The van der Waals surface area contributed by atoms with Gasteiger partial charge in [-0.2, -0.15) is 0 Å². The van der Waals surface area contributed by atoms with Crippen molar-refractivity contribution >= 4 is 22.8 Å². The van der Waals surface area contributed by atoms with Crippen LogP contribution in [-0.4, -0.2) is 29.7 Å². The molecule has 0 aliphatic heterocycles. The van der Waals surface area contributed by atoms with Gasteiger partial charge in [0.1, 0.15) is 17.2 Å². The summed E-state index contributed by atoms with van der Waals surface area (Å²) >= 11 is 0. The van der Waals surface area contributed by atoms with Crippen LogP contribution in [0.25, 0.3) is 11.0 Å². The van der Waals surface area contributed by atoms with Gasteiger partial charge in [-0.3, -0.25) is 4.79 Å². The van der Waals surface area contributed by atoms with Crippen molar-refractivity contribution in [1.82, 2.24) is 4.98 Å². The Balaban J connectivity index is 1.67. The van der Waals surface area contributed by atoms with E-state index in [0.29, 0.717) is 29.9 Å². The lowest BCUT2D eigenvalue weighted by molar-refractivity contribution is -0.138. The molecule has 6 heteroatoms. The minimum Gasteiger partial charge on any atom is -0.493 e. The van der Waals surface area contributed by atoms with E-state index in [1.54, 1.807) is 13.0 Å². The SMILES string of the molecule is CNc1cccc(CCOc2ccc3c(C(C)C(=O)O)coc3c2)n1. The van der Waals surface area contributed by atoms with Crippen LogP contribution >= 0.6 is 0 Å². The number of aromatic nitrogens is 1. The number of hydrogen-bond acceptors (Lipinski definition) is 5. The Kier molecular flexibility index (Phi) is 4.88. The summed E-state index contributed by atoms with van der Waals surface area (Å²) < 4.78 is 11.3. The Morgan fingerprint density at radius 3 is 2.96 bits per heavy atom. The van der Waals surface area contributed by atoms with Crippen molar-refractivity contribution in [2.75, 3.05) is 19.0 Å². The quantitative estimate of drug-likeness (QED) is 0.682. The van der Waals surface area contributed by atoms with Crippen LogP contribution in [0.2, 0.25) is 0 Å². The average Bonchev–Trinajstić information content (AvgIpc) is 3.04. The molecule has 1 unspecified atom stereocenters. The molecule has 1 aromatic carbocycles. The van der Waals surface area contributed by atoms with Crippen LogP contribution in [0.3, 0.4) is 0 Å². The molecule has 25 heavy (non-hydrogen) atoms. The van der Waals surface area contributed by atoms with E-state index in [-0.39, 0.29) is 0 Å². The van der Waals surface area contributed by atoms with Gasteiger partial charge in [0, 0.05) is 36.2 Å². The molecule has 0 amide bonds. The Bertz CT molecular complexity index is 888. The molecule has 2 N–H and O–H groups in total.